The second kappa shape index (κ2) is 7.05. The summed E-state index contributed by atoms with van der Waals surface area (Å²) in [5.41, 5.74) is 0.121. The lowest BCUT2D eigenvalue weighted by Gasteiger charge is -2.22. The van der Waals surface area contributed by atoms with Crippen LogP contribution in [0.2, 0.25) is 0 Å². The van der Waals surface area contributed by atoms with Gasteiger partial charge in [-0.05, 0) is 38.1 Å². The van der Waals surface area contributed by atoms with Gasteiger partial charge in [0.25, 0.3) is 0 Å². The number of hydrogen-bond acceptors (Lipinski definition) is 5. The van der Waals surface area contributed by atoms with Crippen molar-refractivity contribution in [3.05, 3.63) is 23.8 Å². The van der Waals surface area contributed by atoms with Gasteiger partial charge >= 0.3 is 5.97 Å². The van der Waals surface area contributed by atoms with E-state index >= 15 is 0 Å². The van der Waals surface area contributed by atoms with Crippen molar-refractivity contribution in [1.29, 1.82) is 0 Å². The molecule has 0 unspecified atom stereocenters. The molecular formula is C14H18N2O5. The number of aromatic hydroxyl groups is 1. The molecule has 2 rings (SSSR count). The van der Waals surface area contributed by atoms with Gasteiger partial charge in [-0.3, -0.25) is 4.79 Å². The van der Waals surface area contributed by atoms with Crippen molar-refractivity contribution >= 4 is 17.6 Å². The molecule has 1 aliphatic rings. The van der Waals surface area contributed by atoms with Crippen LogP contribution in [0, 0.1) is 0 Å². The van der Waals surface area contributed by atoms with Crippen LogP contribution in [0.4, 0.5) is 5.69 Å². The molecule has 1 saturated heterocycles. The maximum absolute atomic E-state index is 11.7. The van der Waals surface area contributed by atoms with Crippen LogP contribution >= 0.6 is 0 Å². The fourth-order valence-corrected chi connectivity index (χ4v) is 2.14. The molecule has 0 aliphatic carbocycles. The molecular weight excluding hydrogens is 276 g/mol. The topological polar surface area (TPSA) is 108 Å². The molecule has 0 spiro atoms. The van der Waals surface area contributed by atoms with Crippen LogP contribution in [-0.2, 0) is 9.53 Å². The molecule has 1 heterocycles. The van der Waals surface area contributed by atoms with E-state index in [1.807, 2.05) is 0 Å². The molecule has 7 nitrogen and oxygen atoms in total. The molecule has 0 saturated carbocycles. The molecule has 114 valence electrons. The van der Waals surface area contributed by atoms with Gasteiger partial charge in [-0.2, -0.15) is 0 Å². The van der Waals surface area contributed by atoms with Crippen LogP contribution in [0.5, 0.6) is 5.75 Å². The van der Waals surface area contributed by atoms with E-state index in [0.29, 0.717) is 5.69 Å². The zero-order chi connectivity index (χ0) is 15.2. The standard InChI is InChI=1S/C14H18N2O5/c17-12-7-9(1-2-11(12)14(19)20)16-13(18)8-21-10-3-5-15-6-4-10/h1-2,7,10,15,17H,3-6,8H2,(H,16,18)(H,19,20). The Morgan fingerprint density at radius 1 is 1.33 bits per heavy atom. The number of carboxylic acids is 1. The third-order valence-electron chi connectivity index (χ3n) is 3.25. The summed E-state index contributed by atoms with van der Waals surface area (Å²) in [4.78, 5) is 22.5. The van der Waals surface area contributed by atoms with Gasteiger partial charge in [0.05, 0.1) is 6.10 Å². The number of hydrogen-bond donors (Lipinski definition) is 4. The van der Waals surface area contributed by atoms with Crippen LogP contribution < -0.4 is 10.6 Å². The number of benzene rings is 1. The van der Waals surface area contributed by atoms with Crippen molar-refractivity contribution in [2.24, 2.45) is 0 Å². The maximum atomic E-state index is 11.7. The average Bonchev–Trinajstić information content (AvgIpc) is 2.46. The monoisotopic (exact) mass is 294 g/mol. The summed E-state index contributed by atoms with van der Waals surface area (Å²) >= 11 is 0. The Balaban J connectivity index is 1.84. The smallest absolute Gasteiger partial charge is 0.339 e. The Morgan fingerprint density at radius 2 is 2.05 bits per heavy atom. The number of amides is 1. The van der Waals surface area contributed by atoms with E-state index in [4.69, 9.17) is 9.84 Å². The number of nitrogens with one attached hydrogen (secondary N) is 2. The predicted octanol–water partition coefficient (Wildman–Crippen LogP) is 0.797. The number of carbonyl (C=O) groups excluding carboxylic acids is 1. The highest BCUT2D eigenvalue weighted by Crippen LogP contribution is 2.21. The Kier molecular flexibility index (Phi) is 5.13. The molecule has 0 radical (unpaired) electrons. The molecule has 1 aromatic rings. The molecule has 0 aromatic heterocycles. The van der Waals surface area contributed by atoms with Gasteiger partial charge < -0.3 is 25.6 Å². The number of carbonyl (C=O) groups is 2. The normalized spacial score (nSPS) is 15.6. The Hall–Kier alpha value is -2.12. The van der Waals surface area contributed by atoms with Crippen molar-refractivity contribution in [3.8, 4) is 5.75 Å². The minimum atomic E-state index is -1.22. The van der Waals surface area contributed by atoms with Crippen LogP contribution in [0.15, 0.2) is 18.2 Å². The zero-order valence-corrected chi connectivity index (χ0v) is 11.5. The number of piperidine rings is 1. The summed E-state index contributed by atoms with van der Waals surface area (Å²) in [6.07, 6.45) is 1.84. The number of phenols is 1. The summed E-state index contributed by atoms with van der Waals surface area (Å²) in [6.45, 7) is 1.71. The lowest BCUT2D eigenvalue weighted by molar-refractivity contribution is -0.123. The van der Waals surface area contributed by atoms with Crippen LogP contribution in [-0.4, -0.2) is 47.9 Å². The van der Waals surface area contributed by atoms with Gasteiger partial charge in [0.1, 0.15) is 17.9 Å². The molecule has 21 heavy (non-hydrogen) atoms. The van der Waals surface area contributed by atoms with E-state index in [-0.39, 0.29) is 29.9 Å². The maximum Gasteiger partial charge on any atom is 0.339 e. The summed E-state index contributed by atoms with van der Waals surface area (Å²) in [5.74, 6) is -1.95. The summed E-state index contributed by atoms with van der Waals surface area (Å²) < 4.78 is 5.50. The fourth-order valence-electron chi connectivity index (χ4n) is 2.14. The minimum Gasteiger partial charge on any atom is -0.507 e. The number of rotatable bonds is 5. The molecule has 1 aromatic carbocycles. The molecule has 1 aliphatic heterocycles. The quantitative estimate of drug-likeness (QED) is 0.639. The molecule has 1 fully saturated rings. The predicted molar refractivity (Wildman–Crippen MR) is 75.5 cm³/mol. The van der Waals surface area contributed by atoms with E-state index in [2.05, 4.69) is 10.6 Å². The molecule has 0 bridgehead atoms. The van der Waals surface area contributed by atoms with Gasteiger partial charge in [0, 0.05) is 11.8 Å². The van der Waals surface area contributed by atoms with E-state index in [0.717, 1.165) is 25.9 Å². The zero-order valence-electron chi connectivity index (χ0n) is 11.5. The average molecular weight is 294 g/mol. The Labute approximate surface area is 121 Å². The lowest BCUT2D eigenvalue weighted by Crippen LogP contribution is -2.34. The largest absolute Gasteiger partial charge is 0.507 e. The van der Waals surface area contributed by atoms with E-state index in [1.54, 1.807) is 0 Å². The van der Waals surface area contributed by atoms with Gasteiger partial charge in [0.15, 0.2) is 0 Å². The number of anilines is 1. The van der Waals surface area contributed by atoms with Crippen molar-refractivity contribution < 1.29 is 24.5 Å². The molecule has 0 atom stereocenters. The summed E-state index contributed by atoms with van der Waals surface area (Å²) in [7, 11) is 0. The van der Waals surface area contributed by atoms with E-state index in [1.165, 1.54) is 18.2 Å². The van der Waals surface area contributed by atoms with Gasteiger partial charge in [-0.15, -0.1) is 0 Å². The summed E-state index contributed by atoms with van der Waals surface area (Å²) in [6, 6.07) is 3.86. The van der Waals surface area contributed by atoms with Crippen LogP contribution in [0.25, 0.3) is 0 Å². The third kappa shape index (κ3) is 4.44. The molecule has 4 N–H and O–H groups in total. The highest BCUT2D eigenvalue weighted by atomic mass is 16.5. The Bertz CT molecular complexity index is 526. The first kappa shape index (κ1) is 15.3. The van der Waals surface area contributed by atoms with Crippen LogP contribution in [0.1, 0.15) is 23.2 Å². The lowest BCUT2D eigenvalue weighted by atomic mass is 10.1. The van der Waals surface area contributed by atoms with Crippen molar-refractivity contribution in [2.45, 2.75) is 18.9 Å². The van der Waals surface area contributed by atoms with Gasteiger partial charge in [-0.25, -0.2) is 4.79 Å². The van der Waals surface area contributed by atoms with Crippen molar-refractivity contribution in [3.63, 3.8) is 0 Å². The van der Waals surface area contributed by atoms with Crippen molar-refractivity contribution in [2.75, 3.05) is 25.0 Å². The van der Waals surface area contributed by atoms with Gasteiger partial charge in [0.2, 0.25) is 5.91 Å². The van der Waals surface area contributed by atoms with Crippen molar-refractivity contribution in [1.82, 2.24) is 5.32 Å². The van der Waals surface area contributed by atoms with Crippen LogP contribution in [0.3, 0.4) is 0 Å². The molecule has 7 heteroatoms. The highest BCUT2D eigenvalue weighted by Gasteiger charge is 2.15. The Morgan fingerprint density at radius 3 is 2.67 bits per heavy atom. The second-order valence-corrected chi connectivity index (χ2v) is 4.85. The fraction of sp³-hybridized carbons (Fsp3) is 0.429. The number of carboxylic acid groups (broad SMARTS) is 1. The minimum absolute atomic E-state index is 0.0634. The third-order valence-corrected chi connectivity index (χ3v) is 3.25. The first-order chi connectivity index (χ1) is 10.1. The van der Waals surface area contributed by atoms with Gasteiger partial charge in [-0.1, -0.05) is 0 Å². The van der Waals surface area contributed by atoms with E-state index in [9.17, 15) is 14.7 Å². The first-order valence-electron chi connectivity index (χ1n) is 6.75. The molecule has 1 amide bonds. The first-order valence-corrected chi connectivity index (χ1v) is 6.75. The number of aromatic carboxylic acids is 1. The SMILES string of the molecule is O=C(COC1CCNCC1)Nc1ccc(C(=O)O)c(O)c1. The highest BCUT2D eigenvalue weighted by molar-refractivity contribution is 5.94. The number of ether oxygens (including phenoxy) is 1. The second-order valence-electron chi connectivity index (χ2n) is 4.85. The van der Waals surface area contributed by atoms with E-state index < -0.39 is 5.97 Å². The summed E-state index contributed by atoms with van der Waals surface area (Å²) in [5, 5.41) is 24.1.